The summed E-state index contributed by atoms with van der Waals surface area (Å²) in [6.45, 7) is 1.82. The molecule has 0 atom stereocenters. The van der Waals surface area contributed by atoms with Crippen LogP contribution in [0.15, 0.2) is 53.4 Å². The Labute approximate surface area is 106 Å². The summed E-state index contributed by atoms with van der Waals surface area (Å²) < 4.78 is 26.5. The molecule has 94 valence electrons. The van der Waals surface area contributed by atoms with Crippen molar-refractivity contribution >= 4 is 15.7 Å². The highest BCUT2D eigenvalue weighted by molar-refractivity contribution is 7.92. The summed E-state index contributed by atoms with van der Waals surface area (Å²) in [7, 11) is -3.66. The first kappa shape index (κ1) is 12.4. The molecule has 0 unspecified atom stereocenters. The Bertz CT molecular complexity index is 651. The van der Waals surface area contributed by atoms with Gasteiger partial charge >= 0.3 is 0 Å². The number of rotatable bonds is 3. The van der Waals surface area contributed by atoms with E-state index < -0.39 is 10.0 Å². The van der Waals surface area contributed by atoms with Gasteiger partial charge < -0.3 is 5.11 Å². The number of phenols is 1. The quantitative estimate of drug-likeness (QED) is 0.836. The van der Waals surface area contributed by atoms with Gasteiger partial charge in [-0.05, 0) is 36.8 Å². The minimum Gasteiger partial charge on any atom is -0.506 e. The van der Waals surface area contributed by atoms with Crippen LogP contribution in [0, 0.1) is 6.92 Å². The lowest BCUT2D eigenvalue weighted by atomic mass is 10.2. The van der Waals surface area contributed by atoms with Crippen molar-refractivity contribution in [1.82, 2.24) is 0 Å². The van der Waals surface area contributed by atoms with Crippen molar-refractivity contribution in [2.24, 2.45) is 0 Å². The summed E-state index contributed by atoms with van der Waals surface area (Å²) in [5.41, 5.74) is 1.04. The third-order valence-electron chi connectivity index (χ3n) is 2.45. The minimum atomic E-state index is -3.66. The van der Waals surface area contributed by atoms with E-state index >= 15 is 0 Å². The van der Waals surface area contributed by atoms with Crippen molar-refractivity contribution in [3.05, 3.63) is 54.1 Å². The van der Waals surface area contributed by atoms with Gasteiger partial charge in [-0.2, -0.15) is 0 Å². The highest BCUT2D eigenvalue weighted by Gasteiger charge is 2.15. The van der Waals surface area contributed by atoms with Crippen LogP contribution in [-0.4, -0.2) is 13.5 Å². The van der Waals surface area contributed by atoms with Crippen molar-refractivity contribution in [2.75, 3.05) is 4.72 Å². The zero-order valence-corrected chi connectivity index (χ0v) is 10.6. The fourth-order valence-electron chi connectivity index (χ4n) is 1.53. The molecule has 0 aliphatic heterocycles. The third-order valence-corrected chi connectivity index (χ3v) is 3.83. The van der Waals surface area contributed by atoms with Gasteiger partial charge in [0, 0.05) is 0 Å². The maximum absolute atomic E-state index is 12.0. The maximum atomic E-state index is 12.0. The number of hydrogen-bond donors (Lipinski definition) is 2. The molecule has 2 rings (SSSR count). The second-order valence-corrected chi connectivity index (χ2v) is 5.62. The number of benzene rings is 2. The molecule has 2 aromatic carbocycles. The Balaban J connectivity index is 2.37. The number of phenolic OH excluding ortho intramolecular Hbond substituents is 1. The molecule has 5 heteroatoms. The summed E-state index contributed by atoms with van der Waals surface area (Å²) in [6.07, 6.45) is 0. The van der Waals surface area contributed by atoms with Crippen molar-refractivity contribution < 1.29 is 13.5 Å². The number of sulfonamides is 1. The van der Waals surface area contributed by atoms with Crippen molar-refractivity contribution in [2.45, 2.75) is 11.8 Å². The smallest absolute Gasteiger partial charge is 0.262 e. The molecular formula is C13H13NO3S. The van der Waals surface area contributed by atoms with Crippen molar-refractivity contribution in [3.8, 4) is 5.75 Å². The van der Waals surface area contributed by atoms with E-state index in [1.807, 2.05) is 6.92 Å². The summed E-state index contributed by atoms with van der Waals surface area (Å²) >= 11 is 0. The minimum absolute atomic E-state index is 0.0971. The molecule has 0 amide bonds. The number of aryl methyl sites for hydroxylation is 1. The van der Waals surface area contributed by atoms with E-state index in [9.17, 15) is 13.5 Å². The first-order chi connectivity index (χ1) is 8.49. The standard InChI is InChI=1S/C13H13NO3S/c1-10-7-8-13(15)12(9-10)14-18(16,17)11-5-3-2-4-6-11/h2-9,14-15H,1H3. The molecule has 0 spiro atoms. The lowest BCUT2D eigenvalue weighted by molar-refractivity contribution is 0.477. The number of hydrogen-bond acceptors (Lipinski definition) is 3. The van der Waals surface area contributed by atoms with Crippen LogP contribution in [0.5, 0.6) is 5.75 Å². The maximum Gasteiger partial charge on any atom is 0.262 e. The summed E-state index contributed by atoms with van der Waals surface area (Å²) in [5.74, 6) is -0.0971. The molecule has 2 aromatic rings. The molecule has 0 aliphatic carbocycles. The zero-order valence-electron chi connectivity index (χ0n) is 9.79. The molecule has 0 aromatic heterocycles. The Morgan fingerprint density at radius 1 is 1.06 bits per heavy atom. The Morgan fingerprint density at radius 2 is 1.72 bits per heavy atom. The molecule has 0 saturated carbocycles. The van der Waals surface area contributed by atoms with Crippen LogP contribution in [0.25, 0.3) is 0 Å². The molecule has 2 N–H and O–H groups in total. The van der Waals surface area contributed by atoms with Crippen LogP contribution in [-0.2, 0) is 10.0 Å². The van der Waals surface area contributed by atoms with Gasteiger partial charge in [-0.15, -0.1) is 0 Å². The van der Waals surface area contributed by atoms with Crippen LogP contribution in [0.4, 0.5) is 5.69 Å². The van der Waals surface area contributed by atoms with E-state index in [1.165, 1.54) is 18.2 Å². The molecule has 0 fully saturated rings. The fraction of sp³-hybridized carbons (Fsp3) is 0.0769. The lowest BCUT2D eigenvalue weighted by Gasteiger charge is -2.10. The van der Waals surface area contributed by atoms with Crippen LogP contribution >= 0.6 is 0 Å². The lowest BCUT2D eigenvalue weighted by Crippen LogP contribution is -2.12. The van der Waals surface area contributed by atoms with E-state index in [0.717, 1.165) is 5.56 Å². The van der Waals surface area contributed by atoms with Crippen molar-refractivity contribution in [3.63, 3.8) is 0 Å². The van der Waals surface area contributed by atoms with Crippen LogP contribution in [0.3, 0.4) is 0 Å². The highest BCUT2D eigenvalue weighted by Crippen LogP contribution is 2.26. The second kappa shape index (κ2) is 4.70. The summed E-state index contributed by atoms with van der Waals surface area (Å²) in [6, 6.07) is 12.8. The second-order valence-electron chi connectivity index (χ2n) is 3.94. The molecule has 18 heavy (non-hydrogen) atoms. The first-order valence-electron chi connectivity index (χ1n) is 5.36. The van der Waals surface area contributed by atoms with Crippen LogP contribution < -0.4 is 4.72 Å². The number of aromatic hydroxyl groups is 1. The number of anilines is 1. The fourth-order valence-corrected chi connectivity index (χ4v) is 2.62. The van der Waals surface area contributed by atoms with Crippen LogP contribution in [0.1, 0.15) is 5.56 Å². The van der Waals surface area contributed by atoms with E-state index in [1.54, 1.807) is 30.3 Å². The predicted molar refractivity (Wildman–Crippen MR) is 70.1 cm³/mol. The van der Waals surface area contributed by atoms with Gasteiger partial charge in [-0.3, -0.25) is 4.72 Å². The summed E-state index contributed by atoms with van der Waals surface area (Å²) in [4.78, 5) is 0.158. The first-order valence-corrected chi connectivity index (χ1v) is 6.85. The van der Waals surface area contributed by atoms with Crippen LogP contribution in [0.2, 0.25) is 0 Å². The Hall–Kier alpha value is -2.01. The zero-order chi connectivity index (χ0) is 13.2. The Kier molecular flexibility index (Phi) is 3.25. The SMILES string of the molecule is Cc1ccc(O)c(NS(=O)(=O)c2ccccc2)c1. The van der Waals surface area contributed by atoms with Gasteiger partial charge in [-0.25, -0.2) is 8.42 Å². The van der Waals surface area contributed by atoms with Gasteiger partial charge in [0.15, 0.2) is 0 Å². The molecule has 0 saturated heterocycles. The van der Waals surface area contributed by atoms with Gasteiger partial charge in [0.2, 0.25) is 0 Å². The van der Waals surface area contributed by atoms with Gasteiger partial charge in [0.05, 0.1) is 10.6 Å². The third kappa shape index (κ3) is 2.62. The average Bonchev–Trinajstić information content (AvgIpc) is 2.35. The highest BCUT2D eigenvalue weighted by atomic mass is 32.2. The normalized spacial score (nSPS) is 11.2. The summed E-state index contributed by atoms with van der Waals surface area (Å²) in [5, 5.41) is 9.62. The molecule has 0 bridgehead atoms. The molecular weight excluding hydrogens is 250 g/mol. The van der Waals surface area contributed by atoms with E-state index in [4.69, 9.17) is 0 Å². The van der Waals surface area contributed by atoms with Gasteiger partial charge in [-0.1, -0.05) is 24.3 Å². The van der Waals surface area contributed by atoms with Crippen molar-refractivity contribution in [1.29, 1.82) is 0 Å². The Morgan fingerprint density at radius 3 is 2.39 bits per heavy atom. The van der Waals surface area contributed by atoms with E-state index in [0.29, 0.717) is 0 Å². The van der Waals surface area contributed by atoms with E-state index in [2.05, 4.69) is 4.72 Å². The topological polar surface area (TPSA) is 66.4 Å². The largest absolute Gasteiger partial charge is 0.506 e. The predicted octanol–water partition coefficient (Wildman–Crippen LogP) is 2.50. The molecule has 4 nitrogen and oxygen atoms in total. The molecule has 0 heterocycles. The number of nitrogens with one attached hydrogen (secondary N) is 1. The van der Waals surface area contributed by atoms with Gasteiger partial charge in [0.25, 0.3) is 10.0 Å². The monoisotopic (exact) mass is 263 g/mol. The average molecular weight is 263 g/mol. The van der Waals surface area contributed by atoms with Gasteiger partial charge in [0.1, 0.15) is 5.75 Å². The van der Waals surface area contributed by atoms with E-state index in [-0.39, 0.29) is 16.3 Å². The molecule has 0 radical (unpaired) electrons. The molecule has 0 aliphatic rings.